The molecule has 0 aliphatic carbocycles. The molecule has 20 heavy (non-hydrogen) atoms. The molecule has 0 radical (unpaired) electrons. The predicted molar refractivity (Wildman–Crippen MR) is 79.9 cm³/mol. The minimum atomic E-state index is -3.43. The molecule has 1 heterocycles. The molecule has 1 unspecified atom stereocenters. The first-order valence-electron chi connectivity index (χ1n) is 6.95. The fourth-order valence-corrected chi connectivity index (χ4v) is 3.67. The van der Waals surface area contributed by atoms with E-state index < -0.39 is 10.0 Å². The first-order valence-corrected chi connectivity index (χ1v) is 8.43. The quantitative estimate of drug-likeness (QED) is 0.872. The molecule has 6 heteroatoms. The van der Waals surface area contributed by atoms with Crippen molar-refractivity contribution in [3.63, 3.8) is 0 Å². The summed E-state index contributed by atoms with van der Waals surface area (Å²) in [4.78, 5) is 2.52. The highest BCUT2D eigenvalue weighted by molar-refractivity contribution is 7.89. The van der Waals surface area contributed by atoms with Crippen molar-refractivity contribution in [2.45, 2.75) is 36.7 Å². The lowest BCUT2D eigenvalue weighted by molar-refractivity contribution is 0.248. The Morgan fingerprint density at radius 2 is 1.80 bits per heavy atom. The molecule has 1 aliphatic rings. The van der Waals surface area contributed by atoms with Gasteiger partial charge in [-0.3, -0.25) is 0 Å². The third kappa shape index (κ3) is 3.79. The number of nitrogens with zero attached hydrogens (tertiary/aromatic N) is 1. The van der Waals surface area contributed by atoms with Crippen LogP contribution in [0.4, 0.5) is 0 Å². The fraction of sp³-hybridized carbons (Fsp3) is 0.571. The lowest BCUT2D eigenvalue weighted by Crippen LogP contribution is -2.43. The lowest BCUT2D eigenvalue weighted by atomic mass is 10.1. The van der Waals surface area contributed by atoms with Crippen molar-refractivity contribution in [1.29, 1.82) is 0 Å². The number of nitrogens with two attached hydrogens (primary N) is 1. The highest BCUT2D eigenvalue weighted by atomic mass is 32.2. The Morgan fingerprint density at radius 3 is 2.30 bits per heavy atom. The summed E-state index contributed by atoms with van der Waals surface area (Å²) >= 11 is 0. The maximum Gasteiger partial charge on any atom is 0.240 e. The van der Waals surface area contributed by atoms with E-state index in [0.717, 1.165) is 31.5 Å². The first-order chi connectivity index (χ1) is 9.38. The molecular weight excluding hydrogens is 274 g/mol. The van der Waals surface area contributed by atoms with Gasteiger partial charge in [0.15, 0.2) is 0 Å². The molecule has 0 saturated carbocycles. The van der Waals surface area contributed by atoms with E-state index in [4.69, 9.17) is 5.73 Å². The third-order valence-corrected chi connectivity index (χ3v) is 5.29. The molecule has 0 aromatic heterocycles. The molecule has 1 aromatic rings. The van der Waals surface area contributed by atoms with Gasteiger partial charge in [-0.05, 0) is 57.6 Å². The van der Waals surface area contributed by atoms with Crippen LogP contribution in [0.15, 0.2) is 29.2 Å². The van der Waals surface area contributed by atoms with Gasteiger partial charge in [0.2, 0.25) is 10.0 Å². The molecule has 3 N–H and O–H groups in total. The number of piperidine rings is 1. The van der Waals surface area contributed by atoms with Crippen LogP contribution in [-0.2, 0) is 10.0 Å². The van der Waals surface area contributed by atoms with Crippen molar-refractivity contribution in [3.8, 4) is 0 Å². The highest BCUT2D eigenvalue weighted by Gasteiger charge is 2.23. The van der Waals surface area contributed by atoms with E-state index >= 15 is 0 Å². The summed E-state index contributed by atoms with van der Waals surface area (Å²) in [5.41, 5.74) is 6.70. The Kier molecular flexibility index (Phi) is 4.80. The van der Waals surface area contributed by atoms with E-state index in [1.807, 2.05) is 6.92 Å². The summed E-state index contributed by atoms with van der Waals surface area (Å²) in [5.74, 6) is 0. The topological polar surface area (TPSA) is 75.4 Å². The van der Waals surface area contributed by atoms with Crippen LogP contribution in [0.2, 0.25) is 0 Å². The van der Waals surface area contributed by atoms with E-state index in [2.05, 4.69) is 16.7 Å². The predicted octanol–water partition coefficient (Wildman–Crippen LogP) is 1.08. The summed E-state index contributed by atoms with van der Waals surface area (Å²) in [6, 6.07) is 6.73. The minimum absolute atomic E-state index is 0.0318. The van der Waals surface area contributed by atoms with E-state index in [9.17, 15) is 8.42 Å². The maximum absolute atomic E-state index is 12.3. The molecular formula is C14H23N3O2S. The van der Waals surface area contributed by atoms with Crippen LogP contribution >= 0.6 is 0 Å². The van der Waals surface area contributed by atoms with Crippen LogP contribution in [0.5, 0.6) is 0 Å². The van der Waals surface area contributed by atoms with Gasteiger partial charge < -0.3 is 10.6 Å². The standard InChI is InChI=1S/C14H23N3O2S/c1-11(15)12-3-5-14(6-4-12)20(18,19)16-13-7-9-17(2)10-8-13/h3-6,11,13,16H,7-10,15H2,1-2H3. The second-order valence-electron chi connectivity index (χ2n) is 5.56. The second kappa shape index (κ2) is 6.22. The van der Waals surface area contributed by atoms with Crippen molar-refractivity contribution in [1.82, 2.24) is 9.62 Å². The smallest absolute Gasteiger partial charge is 0.240 e. The zero-order valence-electron chi connectivity index (χ0n) is 12.0. The van der Waals surface area contributed by atoms with Crippen LogP contribution in [0.3, 0.4) is 0 Å². The molecule has 1 atom stereocenters. The van der Waals surface area contributed by atoms with Gasteiger partial charge in [-0.15, -0.1) is 0 Å². The second-order valence-corrected chi connectivity index (χ2v) is 7.27. The molecule has 5 nitrogen and oxygen atoms in total. The molecule has 1 fully saturated rings. The van der Waals surface area contributed by atoms with Gasteiger partial charge in [-0.1, -0.05) is 12.1 Å². The van der Waals surface area contributed by atoms with Crippen LogP contribution in [0.1, 0.15) is 31.4 Å². The molecule has 0 spiro atoms. The van der Waals surface area contributed by atoms with Gasteiger partial charge >= 0.3 is 0 Å². The summed E-state index contributed by atoms with van der Waals surface area (Å²) in [6.45, 7) is 3.73. The van der Waals surface area contributed by atoms with Crippen molar-refractivity contribution >= 4 is 10.0 Å². The Balaban J connectivity index is 2.06. The zero-order valence-corrected chi connectivity index (χ0v) is 12.9. The van der Waals surface area contributed by atoms with Crippen molar-refractivity contribution in [3.05, 3.63) is 29.8 Å². The molecule has 1 aliphatic heterocycles. The van der Waals surface area contributed by atoms with Gasteiger partial charge in [-0.2, -0.15) is 0 Å². The molecule has 112 valence electrons. The van der Waals surface area contributed by atoms with E-state index in [1.54, 1.807) is 24.3 Å². The molecule has 0 amide bonds. The summed E-state index contributed by atoms with van der Waals surface area (Å²) in [5, 5.41) is 0. The monoisotopic (exact) mass is 297 g/mol. The summed E-state index contributed by atoms with van der Waals surface area (Å²) in [7, 11) is -1.38. The van der Waals surface area contributed by atoms with Gasteiger partial charge in [0, 0.05) is 12.1 Å². The Bertz CT molecular complexity index is 532. The van der Waals surface area contributed by atoms with Crippen LogP contribution < -0.4 is 10.5 Å². The Morgan fingerprint density at radius 1 is 1.25 bits per heavy atom. The summed E-state index contributed by atoms with van der Waals surface area (Å²) < 4.78 is 27.4. The van der Waals surface area contributed by atoms with Crippen molar-refractivity contribution in [2.75, 3.05) is 20.1 Å². The normalized spacial score (nSPS) is 19.9. The minimum Gasteiger partial charge on any atom is -0.324 e. The van der Waals surface area contributed by atoms with E-state index in [0.29, 0.717) is 4.90 Å². The lowest BCUT2D eigenvalue weighted by Gasteiger charge is -2.29. The zero-order chi connectivity index (χ0) is 14.8. The number of benzene rings is 1. The largest absolute Gasteiger partial charge is 0.324 e. The Hall–Kier alpha value is -0.950. The van der Waals surface area contributed by atoms with Gasteiger partial charge in [0.05, 0.1) is 4.90 Å². The third-order valence-electron chi connectivity index (χ3n) is 3.76. The number of rotatable bonds is 4. The first kappa shape index (κ1) is 15.4. The fourth-order valence-electron chi connectivity index (χ4n) is 2.36. The van der Waals surface area contributed by atoms with Gasteiger partial charge in [-0.25, -0.2) is 13.1 Å². The number of hydrogen-bond donors (Lipinski definition) is 2. The molecule has 1 saturated heterocycles. The van der Waals surface area contributed by atoms with Gasteiger partial charge in [0.1, 0.15) is 0 Å². The van der Waals surface area contributed by atoms with Crippen LogP contribution in [0.25, 0.3) is 0 Å². The molecule has 2 rings (SSSR count). The average Bonchev–Trinajstić information content (AvgIpc) is 2.41. The number of sulfonamides is 1. The molecule has 0 bridgehead atoms. The number of likely N-dealkylation sites (tertiary alicyclic amines) is 1. The van der Waals surface area contributed by atoms with Gasteiger partial charge in [0.25, 0.3) is 0 Å². The van der Waals surface area contributed by atoms with Crippen LogP contribution in [-0.4, -0.2) is 39.5 Å². The number of nitrogens with one attached hydrogen (secondary N) is 1. The van der Waals surface area contributed by atoms with Crippen molar-refractivity contribution < 1.29 is 8.42 Å². The number of hydrogen-bond acceptors (Lipinski definition) is 4. The van der Waals surface area contributed by atoms with Crippen LogP contribution in [0, 0.1) is 0 Å². The van der Waals surface area contributed by atoms with E-state index in [1.165, 1.54) is 0 Å². The highest BCUT2D eigenvalue weighted by Crippen LogP contribution is 2.17. The average molecular weight is 297 g/mol. The maximum atomic E-state index is 12.3. The van der Waals surface area contributed by atoms with E-state index in [-0.39, 0.29) is 12.1 Å². The summed E-state index contributed by atoms with van der Waals surface area (Å²) in [6.07, 6.45) is 1.71. The Labute approximate surface area is 121 Å². The van der Waals surface area contributed by atoms with Crippen molar-refractivity contribution in [2.24, 2.45) is 5.73 Å². The molecule has 1 aromatic carbocycles. The SMILES string of the molecule is CC(N)c1ccc(S(=O)(=O)NC2CCN(C)CC2)cc1.